The number of aryl methyl sites for hydroxylation is 2. The molecule has 0 fully saturated rings. The summed E-state index contributed by atoms with van der Waals surface area (Å²) in [5, 5.41) is 13.2. The molecule has 0 saturated heterocycles. The highest BCUT2D eigenvalue weighted by atomic mass is 35.5. The number of carbonyl (C=O) groups is 1. The number of halogens is 1. The lowest BCUT2D eigenvalue weighted by atomic mass is 9.82. The Balaban J connectivity index is 1.89. The minimum atomic E-state index is -0.844. The number of nitrogens with zero attached hydrogens (tertiary/aromatic N) is 1. The maximum absolute atomic E-state index is 11.4. The number of nitrogens with one attached hydrogen (secondary N) is 1. The van der Waals surface area contributed by atoms with Crippen molar-refractivity contribution in [3.8, 4) is 0 Å². The number of hydrogen-bond acceptors (Lipinski definition) is 3. The minimum absolute atomic E-state index is 0.00471. The van der Waals surface area contributed by atoms with E-state index in [4.69, 9.17) is 11.6 Å². The first kappa shape index (κ1) is 16.3. The summed E-state index contributed by atoms with van der Waals surface area (Å²) in [5.74, 6) is -0.849. The second kappa shape index (κ2) is 6.62. The Hall–Kier alpha value is -2.17. The van der Waals surface area contributed by atoms with Crippen molar-refractivity contribution in [1.82, 2.24) is 10.3 Å². The van der Waals surface area contributed by atoms with Gasteiger partial charge in [-0.25, -0.2) is 0 Å². The van der Waals surface area contributed by atoms with Crippen LogP contribution in [0.15, 0.2) is 48.2 Å². The zero-order chi connectivity index (χ0) is 17.4. The molecular weight excluding hydrogens is 336 g/mol. The van der Waals surface area contributed by atoms with E-state index >= 15 is 0 Å². The van der Waals surface area contributed by atoms with Gasteiger partial charge < -0.3 is 10.4 Å². The summed E-state index contributed by atoms with van der Waals surface area (Å²) in [4.78, 5) is 16.1. The average molecular weight is 355 g/mol. The Kier molecular flexibility index (Phi) is 4.32. The third-order valence-corrected chi connectivity index (χ3v) is 5.31. The highest BCUT2D eigenvalue weighted by Crippen LogP contribution is 2.40. The van der Waals surface area contributed by atoms with Crippen LogP contribution in [0.25, 0.3) is 0 Å². The van der Waals surface area contributed by atoms with Crippen LogP contribution in [0, 0.1) is 0 Å². The van der Waals surface area contributed by atoms with Crippen molar-refractivity contribution in [1.29, 1.82) is 0 Å². The second-order valence-electron chi connectivity index (χ2n) is 6.59. The molecule has 0 saturated carbocycles. The molecule has 1 aliphatic heterocycles. The van der Waals surface area contributed by atoms with Gasteiger partial charge in [-0.05, 0) is 60.7 Å². The first-order valence-electron chi connectivity index (χ1n) is 8.52. The van der Waals surface area contributed by atoms with Gasteiger partial charge in [0.1, 0.15) is 6.04 Å². The molecule has 128 valence electrons. The van der Waals surface area contributed by atoms with Crippen LogP contribution in [-0.2, 0) is 17.6 Å². The SMILES string of the molecule is O=C(O)C1C=C(C2c3ccc(Cl)cc3CCc3cccnc32)CCN1. The molecule has 4 nitrogen and oxygen atoms in total. The van der Waals surface area contributed by atoms with E-state index in [-0.39, 0.29) is 5.92 Å². The number of pyridine rings is 1. The first-order valence-corrected chi connectivity index (χ1v) is 8.90. The van der Waals surface area contributed by atoms with Crippen molar-refractivity contribution < 1.29 is 9.90 Å². The Morgan fingerprint density at radius 3 is 2.88 bits per heavy atom. The van der Waals surface area contributed by atoms with Crippen molar-refractivity contribution >= 4 is 17.6 Å². The Bertz CT molecular complexity index is 863. The van der Waals surface area contributed by atoms with Gasteiger partial charge in [-0.15, -0.1) is 0 Å². The molecule has 25 heavy (non-hydrogen) atoms. The lowest BCUT2D eigenvalue weighted by Crippen LogP contribution is -2.39. The number of aromatic nitrogens is 1. The summed E-state index contributed by atoms with van der Waals surface area (Å²) in [5.41, 5.74) is 5.81. The van der Waals surface area contributed by atoms with E-state index in [1.165, 1.54) is 16.7 Å². The van der Waals surface area contributed by atoms with Gasteiger partial charge in [0.25, 0.3) is 0 Å². The van der Waals surface area contributed by atoms with Crippen LogP contribution in [0.1, 0.15) is 34.7 Å². The highest BCUT2D eigenvalue weighted by molar-refractivity contribution is 6.30. The number of carboxylic acids is 1. The predicted octanol–water partition coefficient (Wildman–Crippen LogP) is 3.34. The van der Waals surface area contributed by atoms with Crippen LogP contribution in [0.4, 0.5) is 0 Å². The summed E-state index contributed by atoms with van der Waals surface area (Å²) in [6.45, 7) is 0.657. The van der Waals surface area contributed by atoms with Crippen LogP contribution in [-0.4, -0.2) is 28.6 Å². The molecule has 0 amide bonds. The smallest absolute Gasteiger partial charge is 0.324 e. The Labute approximate surface area is 151 Å². The van der Waals surface area contributed by atoms with Crippen LogP contribution in [0.3, 0.4) is 0 Å². The molecule has 0 spiro atoms. The van der Waals surface area contributed by atoms with E-state index in [2.05, 4.69) is 22.4 Å². The van der Waals surface area contributed by atoms with Gasteiger partial charge >= 0.3 is 5.97 Å². The number of rotatable bonds is 2. The fraction of sp³-hybridized carbons (Fsp3) is 0.300. The minimum Gasteiger partial charge on any atom is -0.480 e. The van der Waals surface area contributed by atoms with Gasteiger partial charge in [0.05, 0.1) is 5.69 Å². The van der Waals surface area contributed by atoms with Gasteiger partial charge in [-0.2, -0.15) is 0 Å². The Morgan fingerprint density at radius 1 is 1.20 bits per heavy atom. The second-order valence-corrected chi connectivity index (χ2v) is 7.02. The Morgan fingerprint density at radius 2 is 2.04 bits per heavy atom. The van der Waals surface area contributed by atoms with Gasteiger partial charge in [0, 0.05) is 17.1 Å². The molecule has 4 rings (SSSR count). The van der Waals surface area contributed by atoms with Crippen molar-refractivity contribution in [2.24, 2.45) is 0 Å². The number of aliphatic carboxylic acids is 1. The molecule has 2 aromatic rings. The van der Waals surface area contributed by atoms with Crippen molar-refractivity contribution in [3.05, 3.63) is 75.6 Å². The molecule has 1 aliphatic carbocycles. The maximum atomic E-state index is 11.4. The molecule has 2 N–H and O–H groups in total. The average Bonchev–Trinajstić information content (AvgIpc) is 2.78. The lowest BCUT2D eigenvalue weighted by Gasteiger charge is -2.27. The molecule has 2 heterocycles. The van der Waals surface area contributed by atoms with Gasteiger partial charge in [-0.1, -0.05) is 35.4 Å². The van der Waals surface area contributed by atoms with E-state index < -0.39 is 12.0 Å². The summed E-state index contributed by atoms with van der Waals surface area (Å²) in [6.07, 6.45) is 6.33. The van der Waals surface area contributed by atoms with E-state index in [1.807, 2.05) is 30.5 Å². The first-order chi connectivity index (χ1) is 12.1. The lowest BCUT2D eigenvalue weighted by molar-refractivity contribution is -0.138. The molecule has 2 aliphatic rings. The van der Waals surface area contributed by atoms with Crippen LogP contribution < -0.4 is 5.32 Å². The van der Waals surface area contributed by atoms with Crippen molar-refractivity contribution in [3.63, 3.8) is 0 Å². The predicted molar refractivity (Wildman–Crippen MR) is 97.1 cm³/mol. The summed E-state index contributed by atoms with van der Waals surface area (Å²) in [6, 6.07) is 9.47. The fourth-order valence-corrected chi connectivity index (χ4v) is 4.11. The normalized spacial score (nSPS) is 22.4. The van der Waals surface area contributed by atoms with E-state index in [1.54, 1.807) is 0 Å². The zero-order valence-electron chi connectivity index (χ0n) is 13.7. The topological polar surface area (TPSA) is 62.2 Å². The third kappa shape index (κ3) is 3.08. The van der Waals surface area contributed by atoms with Gasteiger partial charge in [0.2, 0.25) is 0 Å². The maximum Gasteiger partial charge on any atom is 0.324 e. The summed E-state index contributed by atoms with van der Waals surface area (Å²) >= 11 is 6.22. The van der Waals surface area contributed by atoms with E-state index in [0.29, 0.717) is 6.54 Å². The van der Waals surface area contributed by atoms with Crippen LogP contribution in [0.5, 0.6) is 0 Å². The van der Waals surface area contributed by atoms with Gasteiger partial charge in [0.15, 0.2) is 0 Å². The van der Waals surface area contributed by atoms with E-state index in [9.17, 15) is 9.90 Å². The standard InChI is InChI=1S/C20H19ClN2O2/c21-15-5-6-16-13(10-15)4-3-12-2-1-8-23-19(12)18(16)14-7-9-22-17(11-14)20(24)25/h1-2,5-6,8,10-11,17-18,22H,3-4,7,9H2,(H,24,25). The van der Waals surface area contributed by atoms with Crippen molar-refractivity contribution in [2.45, 2.75) is 31.2 Å². The molecule has 0 bridgehead atoms. The summed E-state index contributed by atoms with van der Waals surface area (Å²) < 4.78 is 0. The molecule has 5 heteroatoms. The quantitative estimate of drug-likeness (QED) is 0.812. The number of carboxylic acid groups (broad SMARTS) is 1. The summed E-state index contributed by atoms with van der Waals surface area (Å²) in [7, 11) is 0. The van der Waals surface area contributed by atoms with Crippen LogP contribution in [0.2, 0.25) is 5.02 Å². The highest BCUT2D eigenvalue weighted by Gasteiger charge is 2.31. The number of hydrogen-bond donors (Lipinski definition) is 2. The van der Waals surface area contributed by atoms with Gasteiger partial charge in [-0.3, -0.25) is 9.78 Å². The number of fused-ring (bicyclic) bond motifs is 2. The van der Waals surface area contributed by atoms with E-state index in [0.717, 1.165) is 35.6 Å². The fourth-order valence-electron chi connectivity index (χ4n) is 3.91. The molecule has 2 atom stereocenters. The molecule has 1 aromatic carbocycles. The third-order valence-electron chi connectivity index (χ3n) is 5.07. The molecule has 2 unspecified atom stereocenters. The van der Waals surface area contributed by atoms with Crippen LogP contribution >= 0.6 is 11.6 Å². The largest absolute Gasteiger partial charge is 0.480 e. The van der Waals surface area contributed by atoms with Crippen molar-refractivity contribution in [2.75, 3.05) is 6.54 Å². The molecular formula is C20H19ClN2O2. The number of benzene rings is 1. The zero-order valence-corrected chi connectivity index (χ0v) is 14.5. The monoisotopic (exact) mass is 354 g/mol. The molecule has 0 radical (unpaired) electrons. The molecule has 1 aromatic heterocycles.